The number of hydrogen-bond donors (Lipinski definition) is 3. The monoisotopic (exact) mass is 438 g/mol. The Bertz CT molecular complexity index is 1150. The van der Waals surface area contributed by atoms with Gasteiger partial charge in [-0.3, -0.25) is 9.59 Å². The molecule has 168 valence electrons. The second-order valence-electron chi connectivity index (χ2n) is 7.32. The van der Waals surface area contributed by atoms with E-state index in [0.717, 1.165) is 22.4 Å². The van der Waals surface area contributed by atoms with Crippen molar-refractivity contribution < 1.29 is 19.1 Å². The molecule has 2 amide bonds. The van der Waals surface area contributed by atoms with Crippen molar-refractivity contribution in [1.82, 2.24) is 15.0 Å². The van der Waals surface area contributed by atoms with Crippen LogP contribution in [-0.2, 0) is 11.3 Å². The Morgan fingerprint density at radius 3 is 2.34 bits per heavy atom. The van der Waals surface area contributed by atoms with Gasteiger partial charge in [-0.2, -0.15) is 0 Å². The Morgan fingerprint density at radius 1 is 1.03 bits per heavy atom. The highest BCUT2D eigenvalue weighted by Crippen LogP contribution is 2.29. The van der Waals surface area contributed by atoms with Gasteiger partial charge in [0.1, 0.15) is 18.0 Å². The molecule has 4 N–H and O–H groups in total. The number of nitrogens with zero attached hydrogens (tertiary/aromatic N) is 3. The minimum atomic E-state index is -0.592. The first-order chi connectivity index (χ1) is 15.2. The molecule has 0 bridgehead atoms. The lowest BCUT2D eigenvalue weighted by Gasteiger charge is -2.13. The van der Waals surface area contributed by atoms with Crippen molar-refractivity contribution in [2.75, 3.05) is 30.6 Å². The lowest BCUT2D eigenvalue weighted by Crippen LogP contribution is -2.22. The molecule has 3 rings (SSSR count). The molecule has 32 heavy (non-hydrogen) atoms. The molecule has 0 spiro atoms. The van der Waals surface area contributed by atoms with Crippen molar-refractivity contribution in [3.8, 4) is 11.5 Å². The molecule has 10 heteroatoms. The Morgan fingerprint density at radius 2 is 1.72 bits per heavy atom. The first-order valence-electron chi connectivity index (χ1n) is 9.83. The standard InChI is InChI=1S/C22H26N6O4/c1-12-8-13(2)19(14(3)9-12)25-18(29)11-28-21(23)20(26-27-28)22(30)24-16-10-15(31-4)6-7-17(16)32-5/h6-10H,11,23H2,1-5H3,(H,24,30)(H,25,29). The van der Waals surface area contributed by atoms with E-state index in [2.05, 4.69) is 20.9 Å². The molecule has 0 unspecified atom stereocenters. The van der Waals surface area contributed by atoms with Gasteiger partial charge in [-0.25, -0.2) is 4.68 Å². The molecule has 0 saturated heterocycles. The molecule has 10 nitrogen and oxygen atoms in total. The van der Waals surface area contributed by atoms with E-state index in [9.17, 15) is 9.59 Å². The fraction of sp³-hybridized carbons (Fsp3) is 0.273. The number of aromatic nitrogens is 3. The summed E-state index contributed by atoms with van der Waals surface area (Å²) in [6.45, 7) is 5.65. The topological polar surface area (TPSA) is 133 Å². The summed E-state index contributed by atoms with van der Waals surface area (Å²) in [6, 6.07) is 8.95. The first-order valence-corrected chi connectivity index (χ1v) is 9.83. The van der Waals surface area contributed by atoms with E-state index in [1.807, 2.05) is 32.9 Å². The lowest BCUT2D eigenvalue weighted by molar-refractivity contribution is -0.116. The number of nitrogens with two attached hydrogens (primary N) is 1. The normalized spacial score (nSPS) is 10.5. The van der Waals surface area contributed by atoms with Gasteiger partial charge in [0, 0.05) is 11.8 Å². The maximum Gasteiger partial charge on any atom is 0.280 e. The smallest absolute Gasteiger partial charge is 0.280 e. The SMILES string of the molecule is COc1ccc(OC)c(NC(=O)c2nnn(CC(=O)Nc3c(C)cc(C)cc3C)c2N)c1. The van der Waals surface area contributed by atoms with Crippen LogP contribution in [0.1, 0.15) is 27.2 Å². The molecule has 0 aliphatic rings. The molecule has 2 aromatic carbocycles. The number of nitrogen functional groups attached to an aromatic ring is 1. The first kappa shape index (κ1) is 22.6. The third kappa shape index (κ3) is 4.80. The maximum absolute atomic E-state index is 12.7. The number of aryl methyl sites for hydroxylation is 3. The highest BCUT2D eigenvalue weighted by molar-refractivity contribution is 6.06. The van der Waals surface area contributed by atoms with Gasteiger partial charge in [0.25, 0.3) is 5.91 Å². The second kappa shape index (κ2) is 9.38. The van der Waals surface area contributed by atoms with Gasteiger partial charge in [-0.05, 0) is 44.0 Å². The van der Waals surface area contributed by atoms with Crippen LogP contribution in [0, 0.1) is 20.8 Å². The van der Waals surface area contributed by atoms with Crippen LogP contribution in [-0.4, -0.2) is 41.0 Å². The van der Waals surface area contributed by atoms with Crippen LogP contribution in [0.4, 0.5) is 17.2 Å². The highest BCUT2D eigenvalue weighted by Gasteiger charge is 2.21. The van der Waals surface area contributed by atoms with E-state index in [1.54, 1.807) is 18.2 Å². The van der Waals surface area contributed by atoms with E-state index in [-0.39, 0.29) is 24.0 Å². The summed E-state index contributed by atoms with van der Waals surface area (Å²) in [6.07, 6.45) is 0. The predicted octanol–water partition coefficient (Wildman–Crippen LogP) is 2.69. The van der Waals surface area contributed by atoms with E-state index in [1.165, 1.54) is 18.9 Å². The fourth-order valence-electron chi connectivity index (χ4n) is 3.38. The molecular weight excluding hydrogens is 412 g/mol. The third-order valence-electron chi connectivity index (χ3n) is 4.88. The molecular formula is C22H26N6O4. The Kier molecular flexibility index (Phi) is 6.62. The van der Waals surface area contributed by atoms with Gasteiger partial charge in [0.05, 0.1) is 19.9 Å². The average molecular weight is 438 g/mol. The van der Waals surface area contributed by atoms with Gasteiger partial charge in [0.15, 0.2) is 11.5 Å². The largest absolute Gasteiger partial charge is 0.497 e. The fourth-order valence-corrected chi connectivity index (χ4v) is 3.38. The van der Waals surface area contributed by atoms with Crippen molar-refractivity contribution in [3.63, 3.8) is 0 Å². The minimum Gasteiger partial charge on any atom is -0.497 e. The van der Waals surface area contributed by atoms with E-state index in [0.29, 0.717) is 17.2 Å². The van der Waals surface area contributed by atoms with Crippen LogP contribution in [0.5, 0.6) is 11.5 Å². The van der Waals surface area contributed by atoms with Crippen molar-refractivity contribution in [2.24, 2.45) is 0 Å². The number of rotatable bonds is 7. The molecule has 1 aromatic heterocycles. The zero-order valence-corrected chi connectivity index (χ0v) is 18.6. The minimum absolute atomic E-state index is 0.0307. The van der Waals surface area contributed by atoms with E-state index < -0.39 is 5.91 Å². The predicted molar refractivity (Wildman–Crippen MR) is 121 cm³/mol. The number of hydrogen-bond acceptors (Lipinski definition) is 7. The molecule has 0 atom stereocenters. The van der Waals surface area contributed by atoms with Gasteiger partial charge >= 0.3 is 0 Å². The third-order valence-corrected chi connectivity index (χ3v) is 4.88. The zero-order valence-electron chi connectivity index (χ0n) is 18.6. The number of ether oxygens (including phenoxy) is 2. The summed E-state index contributed by atoms with van der Waals surface area (Å²) < 4.78 is 11.6. The molecule has 0 aliphatic carbocycles. The number of amides is 2. The Labute approximate surface area is 185 Å². The van der Waals surface area contributed by atoms with E-state index >= 15 is 0 Å². The summed E-state index contributed by atoms with van der Waals surface area (Å²) in [5, 5.41) is 13.3. The van der Waals surface area contributed by atoms with Crippen LogP contribution in [0.3, 0.4) is 0 Å². The quantitative estimate of drug-likeness (QED) is 0.516. The van der Waals surface area contributed by atoms with Gasteiger partial charge in [-0.1, -0.05) is 22.9 Å². The molecule has 3 aromatic rings. The number of methoxy groups -OCH3 is 2. The maximum atomic E-state index is 12.7. The zero-order chi connectivity index (χ0) is 23.4. The van der Waals surface area contributed by atoms with Crippen molar-refractivity contribution in [1.29, 1.82) is 0 Å². The number of carbonyl (C=O) groups is 2. The molecule has 0 saturated carbocycles. The summed E-state index contributed by atoms with van der Waals surface area (Å²) >= 11 is 0. The average Bonchev–Trinajstić information content (AvgIpc) is 3.10. The number of nitrogens with one attached hydrogen (secondary N) is 2. The molecule has 0 radical (unpaired) electrons. The summed E-state index contributed by atoms with van der Waals surface area (Å²) in [5.74, 6) is 0.0188. The van der Waals surface area contributed by atoms with Crippen LogP contribution >= 0.6 is 0 Å². The second-order valence-corrected chi connectivity index (χ2v) is 7.32. The number of anilines is 3. The summed E-state index contributed by atoms with van der Waals surface area (Å²) in [5.41, 5.74) is 10.1. The lowest BCUT2D eigenvalue weighted by atomic mass is 10.1. The van der Waals surface area contributed by atoms with Crippen LogP contribution in [0.25, 0.3) is 0 Å². The van der Waals surface area contributed by atoms with Crippen LogP contribution in [0.15, 0.2) is 30.3 Å². The molecule has 0 aliphatic heterocycles. The Hall–Kier alpha value is -4.08. The van der Waals surface area contributed by atoms with Crippen LogP contribution < -0.4 is 25.8 Å². The molecule has 0 fully saturated rings. The molecule has 1 heterocycles. The van der Waals surface area contributed by atoms with Crippen molar-refractivity contribution in [3.05, 3.63) is 52.7 Å². The van der Waals surface area contributed by atoms with Crippen molar-refractivity contribution in [2.45, 2.75) is 27.3 Å². The van der Waals surface area contributed by atoms with Gasteiger partial charge in [-0.15, -0.1) is 5.10 Å². The number of benzene rings is 2. The van der Waals surface area contributed by atoms with Crippen molar-refractivity contribution >= 4 is 29.0 Å². The summed E-state index contributed by atoms with van der Waals surface area (Å²) in [4.78, 5) is 25.3. The number of carbonyl (C=O) groups excluding carboxylic acids is 2. The van der Waals surface area contributed by atoms with E-state index in [4.69, 9.17) is 15.2 Å². The summed E-state index contributed by atoms with van der Waals surface area (Å²) in [7, 11) is 3.00. The van der Waals surface area contributed by atoms with Gasteiger partial charge in [0.2, 0.25) is 5.91 Å². The Balaban J connectivity index is 1.74. The van der Waals surface area contributed by atoms with Crippen LogP contribution in [0.2, 0.25) is 0 Å². The highest BCUT2D eigenvalue weighted by atomic mass is 16.5. The van der Waals surface area contributed by atoms with Gasteiger partial charge < -0.3 is 25.8 Å².